The number of rotatable bonds is 2. The molecule has 6 heteroatoms. The summed E-state index contributed by atoms with van der Waals surface area (Å²) in [4.78, 5) is 20.3. The Morgan fingerprint density at radius 1 is 1.28 bits per heavy atom. The number of halogens is 2. The minimum absolute atomic E-state index is 0.220. The Labute approximate surface area is 121 Å². The van der Waals surface area contributed by atoms with E-state index in [9.17, 15) is 4.79 Å². The highest BCUT2D eigenvalue weighted by atomic mass is 79.9. The summed E-state index contributed by atoms with van der Waals surface area (Å²) < 4.78 is 1.26. The van der Waals surface area contributed by atoms with E-state index in [1.165, 1.54) is 0 Å². The van der Waals surface area contributed by atoms with E-state index in [0.717, 1.165) is 10.3 Å². The first-order valence-electron chi connectivity index (χ1n) is 5.13. The summed E-state index contributed by atoms with van der Waals surface area (Å²) in [7, 11) is 0. The Morgan fingerprint density at radius 3 is 2.72 bits per heavy atom. The number of pyridine rings is 2. The Hall–Kier alpha value is -1.27. The van der Waals surface area contributed by atoms with Crippen LogP contribution in [0.15, 0.2) is 39.7 Å². The summed E-state index contributed by atoms with van der Waals surface area (Å²) in [5.74, 6) is -0.220. The zero-order valence-corrected chi connectivity index (χ0v) is 12.6. The van der Waals surface area contributed by atoms with Gasteiger partial charge in [0.1, 0.15) is 9.21 Å². The van der Waals surface area contributed by atoms with Crippen molar-refractivity contribution in [1.82, 2.24) is 9.97 Å². The van der Waals surface area contributed by atoms with Crippen molar-refractivity contribution in [1.29, 1.82) is 0 Å². The van der Waals surface area contributed by atoms with Gasteiger partial charge in [0, 0.05) is 6.20 Å². The smallest absolute Gasteiger partial charge is 0.258 e. The predicted octanol–water partition coefficient (Wildman–Crippen LogP) is 3.56. The third-order valence-electron chi connectivity index (χ3n) is 2.30. The number of carbonyl (C=O) groups excluding carboxylic acids is 1. The molecule has 0 unspecified atom stereocenters. The molecule has 1 N–H and O–H groups in total. The molecule has 0 aromatic carbocycles. The highest BCUT2D eigenvalue weighted by Crippen LogP contribution is 2.19. The monoisotopic (exact) mass is 369 g/mol. The van der Waals surface area contributed by atoms with Crippen molar-refractivity contribution in [3.63, 3.8) is 0 Å². The molecule has 4 nitrogen and oxygen atoms in total. The molecule has 2 heterocycles. The van der Waals surface area contributed by atoms with E-state index in [-0.39, 0.29) is 5.91 Å². The van der Waals surface area contributed by atoms with E-state index in [4.69, 9.17) is 0 Å². The molecule has 1 amide bonds. The molecule has 18 heavy (non-hydrogen) atoms. The SMILES string of the molecule is Cc1nc(Br)ccc1NC(=O)c1cccnc1Br. The molecule has 0 aliphatic carbocycles. The maximum absolute atomic E-state index is 12.1. The topological polar surface area (TPSA) is 54.9 Å². The van der Waals surface area contributed by atoms with Gasteiger partial charge >= 0.3 is 0 Å². The standard InChI is InChI=1S/C12H9Br2N3O/c1-7-9(4-5-10(13)16-7)17-12(18)8-3-2-6-15-11(8)14/h2-6H,1H3,(H,17,18). The van der Waals surface area contributed by atoms with Gasteiger partial charge in [0.2, 0.25) is 0 Å². The van der Waals surface area contributed by atoms with Gasteiger partial charge in [-0.05, 0) is 63.0 Å². The van der Waals surface area contributed by atoms with Crippen molar-refractivity contribution in [3.8, 4) is 0 Å². The molecule has 0 aliphatic rings. The molecule has 2 aromatic rings. The van der Waals surface area contributed by atoms with Crippen molar-refractivity contribution in [3.05, 3.63) is 50.9 Å². The molecule has 0 atom stereocenters. The minimum Gasteiger partial charge on any atom is -0.320 e. The zero-order chi connectivity index (χ0) is 13.1. The third-order valence-corrected chi connectivity index (χ3v) is 3.38. The first-order valence-corrected chi connectivity index (χ1v) is 6.71. The van der Waals surface area contributed by atoms with E-state index in [0.29, 0.717) is 15.9 Å². The van der Waals surface area contributed by atoms with Gasteiger partial charge in [-0.15, -0.1) is 0 Å². The normalized spacial score (nSPS) is 10.2. The van der Waals surface area contributed by atoms with Crippen LogP contribution in [0.5, 0.6) is 0 Å². The fourth-order valence-electron chi connectivity index (χ4n) is 1.41. The quantitative estimate of drug-likeness (QED) is 0.822. The average molecular weight is 371 g/mol. The zero-order valence-electron chi connectivity index (χ0n) is 9.45. The largest absolute Gasteiger partial charge is 0.320 e. The third kappa shape index (κ3) is 2.94. The fraction of sp³-hybridized carbons (Fsp3) is 0.0833. The fourth-order valence-corrected chi connectivity index (χ4v) is 2.24. The van der Waals surface area contributed by atoms with Gasteiger partial charge in [0.25, 0.3) is 5.91 Å². The van der Waals surface area contributed by atoms with Gasteiger partial charge in [-0.2, -0.15) is 0 Å². The lowest BCUT2D eigenvalue weighted by Crippen LogP contribution is -2.14. The Balaban J connectivity index is 2.24. The van der Waals surface area contributed by atoms with Crippen LogP contribution < -0.4 is 5.32 Å². The molecule has 0 saturated carbocycles. The molecule has 2 rings (SSSR count). The van der Waals surface area contributed by atoms with Crippen LogP contribution in [0.25, 0.3) is 0 Å². The van der Waals surface area contributed by atoms with Crippen molar-refractivity contribution >= 4 is 43.5 Å². The Kier molecular flexibility index (Phi) is 4.08. The first-order chi connectivity index (χ1) is 8.58. The molecule has 0 radical (unpaired) electrons. The van der Waals surface area contributed by atoms with Crippen LogP contribution in [0, 0.1) is 6.92 Å². The highest BCUT2D eigenvalue weighted by Gasteiger charge is 2.11. The first kappa shape index (κ1) is 13.2. The van der Waals surface area contributed by atoms with Crippen molar-refractivity contribution in [2.24, 2.45) is 0 Å². The van der Waals surface area contributed by atoms with Gasteiger partial charge in [-0.1, -0.05) is 0 Å². The average Bonchev–Trinajstić information content (AvgIpc) is 2.33. The summed E-state index contributed by atoms with van der Waals surface area (Å²) in [6.07, 6.45) is 1.62. The lowest BCUT2D eigenvalue weighted by molar-refractivity contribution is 0.102. The van der Waals surface area contributed by atoms with E-state index in [1.807, 2.05) is 6.92 Å². The van der Waals surface area contributed by atoms with Crippen LogP contribution in [0.4, 0.5) is 5.69 Å². The number of hydrogen-bond acceptors (Lipinski definition) is 3. The molecule has 92 valence electrons. The molecule has 0 saturated heterocycles. The number of aromatic nitrogens is 2. The van der Waals surface area contributed by atoms with Crippen LogP contribution in [0.1, 0.15) is 16.1 Å². The van der Waals surface area contributed by atoms with Crippen LogP contribution >= 0.6 is 31.9 Å². The lowest BCUT2D eigenvalue weighted by atomic mass is 10.2. The van der Waals surface area contributed by atoms with Gasteiger partial charge in [0.05, 0.1) is 16.9 Å². The number of carbonyl (C=O) groups is 1. The van der Waals surface area contributed by atoms with Crippen molar-refractivity contribution < 1.29 is 4.79 Å². The Morgan fingerprint density at radius 2 is 2.06 bits per heavy atom. The lowest BCUT2D eigenvalue weighted by Gasteiger charge is -2.08. The molecule has 0 spiro atoms. The second kappa shape index (κ2) is 5.58. The summed E-state index contributed by atoms with van der Waals surface area (Å²) in [5.41, 5.74) is 1.91. The Bertz CT molecular complexity index is 602. The van der Waals surface area contributed by atoms with E-state index in [2.05, 4.69) is 47.1 Å². The second-order valence-electron chi connectivity index (χ2n) is 3.56. The van der Waals surface area contributed by atoms with Gasteiger partial charge < -0.3 is 5.32 Å². The summed E-state index contributed by atoms with van der Waals surface area (Å²) >= 11 is 6.52. The van der Waals surface area contributed by atoms with Crippen LogP contribution in [0.2, 0.25) is 0 Å². The number of hydrogen-bond donors (Lipinski definition) is 1. The number of anilines is 1. The van der Waals surface area contributed by atoms with E-state index >= 15 is 0 Å². The van der Waals surface area contributed by atoms with Crippen LogP contribution in [0.3, 0.4) is 0 Å². The molecule has 0 fully saturated rings. The van der Waals surface area contributed by atoms with Crippen molar-refractivity contribution in [2.45, 2.75) is 6.92 Å². The van der Waals surface area contributed by atoms with Gasteiger partial charge in [-0.25, -0.2) is 9.97 Å². The van der Waals surface area contributed by atoms with Crippen LogP contribution in [-0.4, -0.2) is 15.9 Å². The maximum Gasteiger partial charge on any atom is 0.258 e. The molecular weight excluding hydrogens is 362 g/mol. The molecule has 0 aliphatic heterocycles. The van der Waals surface area contributed by atoms with E-state index < -0.39 is 0 Å². The molecular formula is C12H9Br2N3O. The number of amides is 1. The number of aryl methyl sites for hydroxylation is 1. The highest BCUT2D eigenvalue weighted by molar-refractivity contribution is 9.10. The number of nitrogens with one attached hydrogen (secondary N) is 1. The van der Waals surface area contributed by atoms with Gasteiger partial charge in [-0.3, -0.25) is 4.79 Å². The minimum atomic E-state index is -0.220. The molecule has 2 aromatic heterocycles. The number of nitrogens with zero attached hydrogens (tertiary/aromatic N) is 2. The van der Waals surface area contributed by atoms with Crippen LogP contribution in [-0.2, 0) is 0 Å². The summed E-state index contributed by atoms with van der Waals surface area (Å²) in [5, 5.41) is 2.80. The van der Waals surface area contributed by atoms with Gasteiger partial charge in [0.15, 0.2) is 0 Å². The van der Waals surface area contributed by atoms with Crippen molar-refractivity contribution in [2.75, 3.05) is 5.32 Å². The molecule has 0 bridgehead atoms. The summed E-state index contributed by atoms with van der Waals surface area (Å²) in [6, 6.07) is 7.00. The predicted molar refractivity (Wildman–Crippen MR) is 76.6 cm³/mol. The maximum atomic E-state index is 12.1. The van der Waals surface area contributed by atoms with E-state index in [1.54, 1.807) is 30.5 Å². The summed E-state index contributed by atoms with van der Waals surface area (Å²) in [6.45, 7) is 1.83. The second-order valence-corrected chi connectivity index (χ2v) is 5.13.